The lowest BCUT2D eigenvalue weighted by molar-refractivity contribution is 0.0599. The number of esters is 1. The third-order valence-corrected chi connectivity index (χ3v) is 2.47. The molecule has 0 aromatic carbocycles. The van der Waals surface area contributed by atoms with Gasteiger partial charge < -0.3 is 4.74 Å². The minimum Gasteiger partial charge on any atom is -0.465 e. The van der Waals surface area contributed by atoms with Crippen molar-refractivity contribution >= 4 is 17.6 Å². The van der Waals surface area contributed by atoms with E-state index >= 15 is 0 Å². The number of methoxy groups -OCH3 is 1. The van der Waals surface area contributed by atoms with Crippen LogP contribution in [0, 0.1) is 0 Å². The Labute approximate surface area is 87.0 Å². The lowest BCUT2D eigenvalue weighted by atomic mass is 10.1. The number of nitrogens with zero attached hydrogens (tertiary/aromatic N) is 1. The van der Waals surface area contributed by atoms with Crippen LogP contribution in [0.4, 0.5) is 0 Å². The highest BCUT2D eigenvalue weighted by atomic mass is 35.5. The Morgan fingerprint density at radius 2 is 2.29 bits per heavy atom. The first-order valence-electron chi connectivity index (χ1n) is 4.47. The maximum atomic E-state index is 11.4. The van der Waals surface area contributed by atoms with Gasteiger partial charge in [0.15, 0.2) is 0 Å². The minimum atomic E-state index is -0.337. The molecule has 14 heavy (non-hydrogen) atoms. The molecule has 0 aliphatic heterocycles. The first-order chi connectivity index (χ1) is 6.72. The molecular formula is C10H10ClNO2. The predicted molar refractivity (Wildman–Crippen MR) is 52.6 cm³/mol. The average Bonchev–Trinajstić information content (AvgIpc) is 3.00. The Morgan fingerprint density at radius 1 is 1.57 bits per heavy atom. The minimum absolute atomic E-state index is 0.337. The van der Waals surface area contributed by atoms with Crippen LogP contribution in [-0.2, 0) is 4.74 Å². The van der Waals surface area contributed by atoms with Crippen LogP contribution in [0.1, 0.15) is 34.8 Å². The molecule has 1 aliphatic carbocycles. The molecule has 3 nitrogen and oxygen atoms in total. The summed E-state index contributed by atoms with van der Waals surface area (Å²) in [6.45, 7) is 0. The van der Waals surface area contributed by atoms with Gasteiger partial charge in [-0.15, -0.1) is 0 Å². The van der Waals surface area contributed by atoms with Crippen molar-refractivity contribution < 1.29 is 9.53 Å². The molecule has 1 aromatic heterocycles. The molecule has 0 radical (unpaired) electrons. The lowest BCUT2D eigenvalue weighted by Gasteiger charge is -2.05. The quantitative estimate of drug-likeness (QED) is 0.557. The van der Waals surface area contributed by atoms with Crippen LogP contribution in [-0.4, -0.2) is 18.1 Å². The van der Waals surface area contributed by atoms with E-state index in [-0.39, 0.29) is 5.97 Å². The van der Waals surface area contributed by atoms with E-state index in [0.29, 0.717) is 16.6 Å². The van der Waals surface area contributed by atoms with Gasteiger partial charge in [-0.3, -0.25) is 0 Å². The summed E-state index contributed by atoms with van der Waals surface area (Å²) in [5, 5.41) is 0.430. The normalized spacial score (nSPS) is 15.3. The van der Waals surface area contributed by atoms with Crippen molar-refractivity contribution in [3.8, 4) is 0 Å². The maximum absolute atomic E-state index is 11.4. The molecule has 1 saturated carbocycles. The second-order valence-electron chi connectivity index (χ2n) is 3.33. The smallest absolute Gasteiger partial charge is 0.339 e. The van der Waals surface area contributed by atoms with Crippen LogP contribution in [0.3, 0.4) is 0 Å². The Bertz CT molecular complexity index is 374. The highest BCUT2D eigenvalue weighted by Gasteiger charge is 2.30. The van der Waals surface area contributed by atoms with Gasteiger partial charge in [-0.25, -0.2) is 9.78 Å². The number of aromatic nitrogens is 1. The number of carbonyl (C=O) groups is 1. The van der Waals surface area contributed by atoms with Crippen molar-refractivity contribution in [1.82, 2.24) is 4.98 Å². The molecule has 4 heteroatoms. The number of rotatable bonds is 2. The fraction of sp³-hybridized carbons (Fsp3) is 0.400. The van der Waals surface area contributed by atoms with Crippen molar-refractivity contribution in [1.29, 1.82) is 0 Å². The van der Waals surface area contributed by atoms with Gasteiger partial charge in [0, 0.05) is 5.92 Å². The van der Waals surface area contributed by atoms with Crippen LogP contribution in [0.25, 0.3) is 0 Å². The summed E-state index contributed by atoms with van der Waals surface area (Å²) in [5.74, 6) is 0.0545. The van der Waals surface area contributed by atoms with E-state index in [1.807, 2.05) is 0 Å². The summed E-state index contributed by atoms with van der Waals surface area (Å²) < 4.78 is 4.67. The van der Waals surface area contributed by atoms with Crippen LogP contribution in [0.15, 0.2) is 12.1 Å². The van der Waals surface area contributed by atoms with Crippen molar-refractivity contribution in [2.75, 3.05) is 7.11 Å². The van der Waals surface area contributed by atoms with E-state index in [1.165, 1.54) is 7.11 Å². The molecule has 0 unspecified atom stereocenters. The zero-order valence-corrected chi connectivity index (χ0v) is 8.54. The van der Waals surface area contributed by atoms with E-state index < -0.39 is 0 Å². The standard InChI is InChI=1S/C10H10ClNO2/c1-14-10(13)7-4-5-8(11)12-9(7)6-2-3-6/h4-6H,2-3H2,1H3. The van der Waals surface area contributed by atoms with Gasteiger partial charge in [0.05, 0.1) is 18.4 Å². The number of halogens is 1. The fourth-order valence-electron chi connectivity index (χ4n) is 1.40. The Balaban J connectivity index is 2.42. The van der Waals surface area contributed by atoms with Crippen molar-refractivity contribution in [3.63, 3.8) is 0 Å². The molecule has 74 valence electrons. The van der Waals surface area contributed by atoms with Gasteiger partial charge in [0.2, 0.25) is 0 Å². The molecule has 0 saturated heterocycles. The Kier molecular flexibility index (Phi) is 2.42. The highest BCUT2D eigenvalue weighted by molar-refractivity contribution is 6.29. The molecule has 0 bridgehead atoms. The van der Waals surface area contributed by atoms with Gasteiger partial charge in [-0.2, -0.15) is 0 Å². The summed E-state index contributed by atoms with van der Waals surface area (Å²) in [6.07, 6.45) is 2.16. The molecule has 0 N–H and O–H groups in total. The molecule has 2 rings (SSSR count). The number of hydrogen-bond donors (Lipinski definition) is 0. The van der Waals surface area contributed by atoms with Gasteiger partial charge in [-0.05, 0) is 25.0 Å². The summed E-state index contributed by atoms with van der Waals surface area (Å²) >= 11 is 5.77. The molecule has 1 aliphatic rings. The zero-order valence-electron chi connectivity index (χ0n) is 7.79. The molecule has 0 atom stereocenters. The number of pyridine rings is 1. The topological polar surface area (TPSA) is 39.2 Å². The summed E-state index contributed by atoms with van der Waals surface area (Å²) in [4.78, 5) is 15.5. The SMILES string of the molecule is COC(=O)c1ccc(Cl)nc1C1CC1. The second-order valence-corrected chi connectivity index (χ2v) is 3.72. The van der Waals surface area contributed by atoms with Gasteiger partial charge >= 0.3 is 5.97 Å². The maximum Gasteiger partial charge on any atom is 0.339 e. The number of ether oxygens (including phenoxy) is 1. The third kappa shape index (κ3) is 1.73. The first-order valence-corrected chi connectivity index (χ1v) is 4.85. The van der Waals surface area contributed by atoms with E-state index in [0.717, 1.165) is 18.5 Å². The second kappa shape index (κ2) is 3.58. The molecule has 1 fully saturated rings. The summed E-state index contributed by atoms with van der Waals surface area (Å²) in [6, 6.07) is 3.29. The van der Waals surface area contributed by atoms with Gasteiger partial charge in [0.25, 0.3) is 0 Å². The van der Waals surface area contributed by atoms with E-state index in [9.17, 15) is 4.79 Å². The Morgan fingerprint density at radius 3 is 2.86 bits per heavy atom. The van der Waals surface area contributed by atoms with Crippen molar-refractivity contribution in [3.05, 3.63) is 28.5 Å². The highest BCUT2D eigenvalue weighted by Crippen LogP contribution is 2.41. The van der Waals surface area contributed by atoms with Crippen molar-refractivity contribution in [2.45, 2.75) is 18.8 Å². The first kappa shape index (κ1) is 9.46. The largest absolute Gasteiger partial charge is 0.465 e. The molecule has 1 aromatic rings. The monoisotopic (exact) mass is 211 g/mol. The Hall–Kier alpha value is -1.09. The molecular weight excluding hydrogens is 202 g/mol. The molecule has 0 spiro atoms. The van der Waals surface area contributed by atoms with E-state index in [1.54, 1.807) is 12.1 Å². The molecule has 0 amide bonds. The van der Waals surface area contributed by atoms with Gasteiger partial charge in [0.1, 0.15) is 5.15 Å². The number of carbonyl (C=O) groups excluding carboxylic acids is 1. The fourth-order valence-corrected chi connectivity index (χ4v) is 1.55. The van der Waals surface area contributed by atoms with Crippen molar-refractivity contribution in [2.24, 2.45) is 0 Å². The van der Waals surface area contributed by atoms with Crippen LogP contribution >= 0.6 is 11.6 Å². The van der Waals surface area contributed by atoms with E-state index in [2.05, 4.69) is 9.72 Å². The van der Waals surface area contributed by atoms with Crippen LogP contribution in [0.2, 0.25) is 5.15 Å². The average molecular weight is 212 g/mol. The lowest BCUT2D eigenvalue weighted by Crippen LogP contribution is -2.06. The number of hydrogen-bond acceptors (Lipinski definition) is 3. The van der Waals surface area contributed by atoms with E-state index in [4.69, 9.17) is 11.6 Å². The van der Waals surface area contributed by atoms with Crippen LogP contribution in [0.5, 0.6) is 0 Å². The van der Waals surface area contributed by atoms with Crippen LogP contribution < -0.4 is 0 Å². The zero-order chi connectivity index (χ0) is 10.1. The predicted octanol–water partition coefficient (Wildman–Crippen LogP) is 2.40. The van der Waals surface area contributed by atoms with Gasteiger partial charge in [-0.1, -0.05) is 11.6 Å². The third-order valence-electron chi connectivity index (χ3n) is 2.26. The molecule has 1 heterocycles. The summed E-state index contributed by atoms with van der Waals surface area (Å²) in [5.41, 5.74) is 1.32. The summed E-state index contributed by atoms with van der Waals surface area (Å²) in [7, 11) is 1.37.